The summed E-state index contributed by atoms with van der Waals surface area (Å²) in [7, 11) is 1.71. The molecule has 0 N–H and O–H groups in total. The first-order valence-corrected chi connectivity index (χ1v) is 10.7. The minimum Gasteiger partial charge on any atom is -0.491 e. The molecule has 0 atom stereocenters. The third-order valence-corrected chi connectivity index (χ3v) is 6.51. The van der Waals surface area contributed by atoms with Crippen LogP contribution < -0.4 is 4.74 Å². The number of carbonyl (C=O) groups excluding carboxylic acids is 1. The predicted molar refractivity (Wildman–Crippen MR) is 124 cm³/mol. The minimum atomic E-state index is -0.0462. The van der Waals surface area contributed by atoms with Gasteiger partial charge < -0.3 is 9.30 Å². The molecule has 0 unspecified atom stereocenters. The van der Waals surface area contributed by atoms with Crippen LogP contribution in [0.25, 0.3) is 17.0 Å². The molecule has 0 bridgehead atoms. The maximum absolute atomic E-state index is 12.4. The molecule has 2 heterocycles. The van der Waals surface area contributed by atoms with Gasteiger partial charge in [-0.1, -0.05) is 54.3 Å². The minimum absolute atomic E-state index is 0.0462. The van der Waals surface area contributed by atoms with Crippen molar-refractivity contribution < 1.29 is 9.53 Å². The lowest BCUT2D eigenvalue weighted by Crippen LogP contribution is -2.22. The lowest BCUT2D eigenvalue weighted by Gasteiger charge is -2.11. The first-order valence-electron chi connectivity index (χ1n) is 9.43. The van der Waals surface area contributed by atoms with Crippen molar-refractivity contribution in [3.8, 4) is 5.75 Å². The number of fused-ring (bicyclic) bond motifs is 1. The van der Waals surface area contributed by atoms with Gasteiger partial charge in [-0.15, -0.1) is 0 Å². The third kappa shape index (κ3) is 3.95. The Kier molecular flexibility index (Phi) is 5.48. The van der Waals surface area contributed by atoms with Crippen molar-refractivity contribution in [2.24, 2.45) is 0 Å². The van der Waals surface area contributed by atoms with E-state index in [1.807, 2.05) is 18.2 Å². The zero-order valence-corrected chi connectivity index (χ0v) is 18.3. The molecular formula is C23H22N2O2S2. The van der Waals surface area contributed by atoms with Crippen LogP contribution in [0.3, 0.4) is 0 Å². The monoisotopic (exact) mass is 422 g/mol. The Balaban J connectivity index is 1.59. The van der Waals surface area contributed by atoms with Gasteiger partial charge in [0, 0.05) is 29.7 Å². The number of likely N-dealkylation sites (N-methyl/N-ethyl adjacent to an activating group) is 1. The lowest BCUT2D eigenvalue weighted by atomic mass is 10.1. The molecule has 29 heavy (non-hydrogen) atoms. The van der Waals surface area contributed by atoms with Crippen LogP contribution in [0.2, 0.25) is 0 Å². The number of carbonyl (C=O) groups is 1. The molecule has 3 aromatic rings. The van der Waals surface area contributed by atoms with Crippen molar-refractivity contribution in [3.05, 3.63) is 70.3 Å². The Hall–Kier alpha value is -2.57. The highest BCUT2D eigenvalue weighted by molar-refractivity contribution is 8.26. The molecule has 4 rings (SSSR count). The number of nitrogens with zero attached hydrogens (tertiary/aromatic N) is 2. The van der Waals surface area contributed by atoms with Crippen molar-refractivity contribution >= 4 is 51.2 Å². The number of aryl methyl sites for hydroxylation is 2. The number of para-hydroxylation sites is 1. The Bertz CT molecular complexity index is 1150. The normalized spacial score (nSPS) is 15.7. The fourth-order valence-corrected chi connectivity index (χ4v) is 4.55. The summed E-state index contributed by atoms with van der Waals surface area (Å²) in [4.78, 5) is 14.5. The van der Waals surface area contributed by atoms with E-state index in [9.17, 15) is 4.79 Å². The van der Waals surface area contributed by atoms with Crippen molar-refractivity contribution in [1.29, 1.82) is 0 Å². The Morgan fingerprint density at radius 2 is 1.97 bits per heavy atom. The van der Waals surface area contributed by atoms with E-state index in [-0.39, 0.29) is 5.91 Å². The van der Waals surface area contributed by atoms with Gasteiger partial charge in [-0.3, -0.25) is 9.69 Å². The number of hydrogen-bond donors (Lipinski definition) is 0. The van der Waals surface area contributed by atoms with Crippen molar-refractivity contribution in [2.75, 3.05) is 13.7 Å². The highest BCUT2D eigenvalue weighted by atomic mass is 32.2. The van der Waals surface area contributed by atoms with E-state index < -0.39 is 0 Å². The Labute approximate surface area is 180 Å². The quantitative estimate of drug-likeness (QED) is 0.420. The molecule has 1 aliphatic heterocycles. The molecule has 1 aromatic heterocycles. The maximum Gasteiger partial charge on any atom is 0.265 e. The molecular weight excluding hydrogens is 400 g/mol. The lowest BCUT2D eigenvalue weighted by molar-refractivity contribution is -0.121. The molecule has 1 fully saturated rings. The largest absolute Gasteiger partial charge is 0.491 e. The first kappa shape index (κ1) is 19.7. The molecule has 1 aliphatic rings. The van der Waals surface area contributed by atoms with Gasteiger partial charge in [0.15, 0.2) is 0 Å². The molecule has 0 saturated carbocycles. The number of rotatable bonds is 5. The number of ether oxygens (including phenoxy) is 1. The fraction of sp³-hybridized carbons (Fsp3) is 0.217. The molecule has 1 amide bonds. The van der Waals surface area contributed by atoms with Crippen LogP contribution in [0.4, 0.5) is 0 Å². The van der Waals surface area contributed by atoms with Crippen molar-refractivity contribution in [2.45, 2.75) is 20.4 Å². The highest BCUT2D eigenvalue weighted by Gasteiger charge is 2.29. The molecule has 2 aromatic carbocycles. The summed E-state index contributed by atoms with van der Waals surface area (Å²) < 4.78 is 8.81. The van der Waals surface area contributed by atoms with Gasteiger partial charge in [0.1, 0.15) is 16.7 Å². The van der Waals surface area contributed by atoms with E-state index in [1.54, 1.807) is 7.05 Å². The Morgan fingerprint density at radius 1 is 1.17 bits per heavy atom. The highest BCUT2D eigenvalue weighted by Crippen LogP contribution is 2.33. The number of thiocarbonyl (C=S) groups is 1. The van der Waals surface area contributed by atoms with Crippen LogP contribution in [0.5, 0.6) is 5.75 Å². The van der Waals surface area contributed by atoms with Crippen molar-refractivity contribution in [1.82, 2.24) is 9.47 Å². The summed E-state index contributed by atoms with van der Waals surface area (Å²) in [5, 5.41) is 1.11. The number of hydrogen-bond acceptors (Lipinski definition) is 4. The standard InChI is InChI=1S/C23H22N2O2S2/c1-15-8-9-16(2)20(12-15)27-11-10-25-14-17(18-6-4-5-7-19(18)25)13-21-22(26)24(3)23(28)29-21/h4-9,12-14H,10-11H2,1-3H3/b21-13-. The van der Waals surface area contributed by atoms with Crippen molar-refractivity contribution in [3.63, 3.8) is 0 Å². The molecule has 1 saturated heterocycles. The molecule has 0 spiro atoms. The van der Waals surface area contributed by atoms with Gasteiger partial charge in [-0.25, -0.2) is 0 Å². The maximum atomic E-state index is 12.4. The third-order valence-electron chi connectivity index (χ3n) is 5.03. The van der Waals surface area contributed by atoms with Crippen LogP contribution in [-0.4, -0.2) is 33.3 Å². The average Bonchev–Trinajstić information content (AvgIpc) is 3.17. The van der Waals surface area contributed by atoms with Gasteiger partial charge in [-0.2, -0.15) is 0 Å². The van der Waals surface area contributed by atoms with E-state index in [4.69, 9.17) is 17.0 Å². The number of benzene rings is 2. The summed E-state index contributed by atoms with van der Waals surface area (Å²) >= 11 is 6.59. The summed E-state index contributed by atoms with van der Waals surface area (Å²) in [5.74, 6) is 0.878. The van der Waals surface area contributed by atoms with Gasteiger partial charge >= 0.3 is 0 Å². The van der Waals surface area contributed by atoms with Gasteiger partial charge in [-0.05, 0) is 43.2 Å². The number of amides is 1. The van der Waals surface area contributed by atoms with E-state index >= 15 is 0 Å². The zero-order valence-electron chi connectivity index (χ0n) is 16.6. The second-order valence-corrected chi connectivity index (χ2v) is 8.83. The summed E-state index contributed by atoms with van der Waals surface area (Å²) in [6.45, 7) is 5.41. The summed E-state index contributed by atoms with van der Waals surface area (Å²) in [5.41, 5.74) is 4.46. The van der Waals surface area contributed by atoms with Crippen LogP contribution in [0, 0.1) is 13.8 Å². The topological polar surface area (TPSA) is 34.5 Å². The van der Waals surface area contributed by atoms with E-state index in [0.717, 1.165) is 34.3 Å². The second-order valence-electron chi connectivity index (χ2n) is 7.15. The Morgan fingerprint density at radius 3 is 2.72 bits per heavy atom. The SMILES string of the molecule is Cc1ccc(C)c(OCCn2cc(/C=C3\SC(=S)N(C)C3=O)c3ccccc32)c1. The number of aromatic nitrogens is 1. The molecule has 0 aliphatic carbocycles. The van der Waals surface area contributed by atoms with Gasteiger partial charge in [0.25, 0.3) is 5.91 Å². The zero-order chi connectivity index (χ0) is 20.5. The predicted octanol–water partition coefficient (Wildman–Crippen LogP) is 5.17. The van der Waals surface area contributed by atoms with Crippen LogP contribution in [0.15, 0.2) is 53.6 Å². The van der Waals surface area contributed by atoms with Gasteiger partial charge in [0.05, 0.1) is 11.4 Å². The van der Waals surface area contributed by atoms with Gasteiger partial charge in [0.2, 0.25) is 0 Å². The fourth-order valence-electron chi connectivity index (χ4n) is 3.38. The van der Waals surface area contributed by atoms with E-state index in [1.165, 1.54) is 22.2 Å². The van der Waals surface area contributed by atoms with E-state index in [0.29, 0.717) is 15.8 Å². The van der Waals surface area contributed by atoms with Crippen LogP contribution in [-0.2, 0) is 11.3 Å². The summed E-state index contributed by atoms with van der Waals surface area (Å²) in [6, 6.07) is 14.5. The smallest absolute Gasteiger partial charge is 0.265 e. The first-order chi connectivity index (χ1) is 13.9. The van der Waals surface area contributed by atoms with Crippen LogP contribution in [0.1, 0.15) is 16.7 Å². The van der Waals surface area contributed by atoms with E-state index in [2.05, 4.69) is 54.9 Å². The second kappa shape index (κ2) is 8.05. The summed E-state index contributed by atoms with van der Waals surface area (Å²) in [6.07, 6.45) is 4.02. The molecule has 148 valence electrons. The number of thioether (sulfide) groups is 1. The molecule has 0 radical (unpaired) electrons. The average molecular weight is 423 g/mol. The molecule has 6 heteroatoms. The van der Waals surface area contributed by atoms with Crippen LogP contribution >= 0.6 is 24.0 Å². The molecule has 4 nitrogen and oxygen atoms in total.